The molecular formula is C19H20N4O2. The second kappa shape index (κ2) is 6.29. The van der Waals surface area contributed by atoms with Gasteiger partial charge in [-0.05, 0) is 24.6 Å². The number of carbonyl (C=O) groups excluding carboxylic acids is 2. The molecule has 0 radical (unpaired) electrons. The molecule has 0 unspecified atom stereocenters. The maximum absolute atomic E-state index is 12.7. The Morgan fingerprint density at radius 2 is 1.88 bits per heavy atom. The number of anilines is 1. The number of piperidine rings is 1. The summed E-state index contributed by atoms with van der Waals surface area (Å²) in [5.74, 6) is -0.404. The molecule has 2 aromatic rings. The number of hydrogen-bond donors (Lipinski definition) is 1. The molecule has 0 bridgehead atoms. The van der Waals surface area contributed by atoms with Crippen LogP contribution in [0, 0.1) is 0 Å². The molecule has 0 aliphatic carbocycles. The van der Waals surface area contributed by atoms with Gasteiger partial charge in [-0.2, -0.15) is 5.10 Å². The molecule has 0 spiro atoms. The Hall–Kier alpha value is -2.73. The first kappa shape index (κ1) is 15.8. The average molecular weight is 336 g/mol. The van der Waals surface area contributed by atoms with Gasteiger partial charge in [-0.3, -0.25) is 14.5 Å². The van der Waals surface area contributed by atoms with Gasteiger partial charge in [0.2, 0.25) is 0 Å². The predicted molar refractivity (Wildman–Crippen MR) is 97.9 cm³/mol. The monoisotopic (exact) mass is 336 g/mol. The molecule has 1 N–H and O–H groups in total. The highest BCUT2D eigenvalue weighted by Gasteiger charge is 2.30. The van der Waals surface area contributed by atoms with Crippen LogP contribution in [0.4, 0.5) is 5.69 Å². The summed E-state index contributed by atoms with van der Waals surface area (Å²) >= 11 is 0. The highest BCUT2D eigenvalue weighted by atomic mass is 16.2. The van der Waals surface area contributed by atoms with Gasteiger partial charge in [0.05, 0.1) is 5.69 Å². The van der Waals surface area contributed by atoms with Crippen molar-refractivity contribution in [3.63, 3.8) is 0 Å². The number of benzene rings is 2. The molecular weight excluding hydrogens is 316 g/mol. The molecule has 25 heavy (non-hydrogen) atoms. The normalized spacial score (nSPS) is 17.2. The van der Waals surface area contributed by atoms with E-state index in [1.807, 2.05) is 36.4 Å². The first-order valence-electron chi connectivity index (χ1n) is 8.50. The lowest BCUT2D eigenvalue weighted by Crippen LogP contribution is -2.38. The summed E-state index contributed by atoms with van der Waals surface area (Å²) < 4.78 is 0. The minimum atomic E-state index is -0.274. The molecule has 2 aliphatic heterocycles. The fourth-order valence-corrected chi connectivity index (χ4v) is 3.44. The highest BCUT2D eigenvalue weighted by Crippen LogP contribution is 2.36. The van der Waals surface area contributed by atoms with E-state index >= 15 is 0 Å². The zero-order valence-corrected chi connectivity index (χ0v) is 14.2. The zero-order valence-electron chi connectivity index (χ0n) is 14.2. The third kappa shape index (κ3) is 2.89. The Labute approximate surface area is 146 Å². The van der Waals surface area contributed by atoms with Gasteiger partial charge in [-0.25, -0.2) is 5.43 Å². The molecule has 0 saturated carbocycles. The van der Waals surface area contributed by atoms with Gasteiger partial charge >= 0.3 is 0 Å². The number of hydrogen-bond acceptors (Lipinski definition) is 4. The molecule has 2 aliphatic rings. The van der Waals surface area contributed by atoms with E-state index in [2.05, 4.69) is 22.5 Å². The Bertz CT molecular complexity index is 875. The first-order valence-corrected chi connectivity index (χ1v) is 8.50. The molecule has 128 valence electrons. The first-order chi connectivity index (χ1) is 12.1. The fraction of sp³-hybridized carbons (Fsp3) is 0.316. The van der Waals surface area contributed by atoms with Gasteiger partial charge in [-0.1, -0.05) is 24.3 Å². The van der Waals surface area contributed by atoms with Crippen molar-refractivity contribution < 1.29 is 9.59 Å². The summed E-state index contributed by atoms with van der Waals surface area (Å²) in [6.07, 6.45) is 1.73. The van der Waals surface area contributed by atoms with Crippen LogP contribution in [0.3, 0.4) is 0 Å². The molecule has 2 amide bonds. The Balaban J connectivity index is 1.49. The van der Waals surface area contributed by atoms with E-state index in [1.54, 1.807) is 0 Å². The summed E-state index contributed by atoms with van der Waals surface area (Å²) in [6.45, 7) is 1.89. The minimum Gasteiger partial charge on any atom is -0.306 e. The lowest BCUT2D eigenvalue weighted by Gasteiger charge is -2.23. The van der Waals surface area contributed by atoms with Crippen LogP contribution in [-0.2, 0) is 4.79 Å². The number of hydrazone groups is 1. The van der Waals surface area contributed by atoms with Gasteiger partial charge in [-0.15, -0.1) is 0 Å². The quantitative estimate of drug-likeness (QED) is 0.872. The number of nitrogens with one attached hydrogen (secondary N) is 1. The number of amides is 2. The van der Waals surface area contributed by atoms with E-state index in [0.717, 1.165) is 48.1 Å². The van der Waals surface area contributed by atoms with Gasteiger partial charge in [0.1, 0.15) is 6.54 Å². The van der Waals surface area contributed by atoms with Crippen LogP contribution in [0.2, 0.25) is 0 Å². The second-order valence-electron chi connectivity index (χ2n) is 6.59. The topological polar surface area (TPSA) is 65.0 Å². The van der Waals surface area contributed by atoms with Crippen molar-refractivity contribution in [2.24, 2.45) is 5.10 Å². The largest absolute Gasteiger partial charge is 0.306 e. The number of likely N-dealkylation sites (tertiary alicyclic amines) is 1. The Morgan fingerprint density at radius 3 is 2.64 bits per heavy atom. The van der Waals surface area contributed by atoms with E-state index < -0.39 is 0 Å². The van der Waals surface area contributed by atoms with Crippen LogP contribution in [0.1, 0.15) is 23.2 Å². The van der Waals surface area contributed by atoms with E-state index in [9.17, 15) is 9.59 Å². The molecule has 2 aromatic carbocycles. The molecule has 6 nitrogen and oxygen atoms in total. The van der Waals surface area contributed by atoms with Crippen molar-refractivity contribution in [1.82, 2.24) is 10.3 Å². The van der Waals surface area contributed by atoms with Crippen LogP contribution in [0.5, 0.6) is 0 Å². The van der Waals surface area contributed by atoms with Gasteiger partial charge < -0.3 is 4.90 Å². The highest BCUT2D eigenvalue weighted by molar-refractivity contribution is 6.26. The smallest absolute Gasteiger partial charge is 0.260 e. The molecule has 0 aromatic heterocycles. The van der Waals surface area contributed by atoms with Gasteiger partial charge in [0.25, 0.3) is 11.8 Å². The third-order valence-corrected chi connectivity index (χ3v) is 4.85. The van der Waals surface area contributed by atoms with Crippen molar-refractivity contribution in [2.45, 2.75) is 12.8 Å². The second-order valence-corrected chi connectivity index (χ2v) is 6.59. The van der Waals surface area contributed by atoms with Crippen LogP contribution in [0.25, 0.3) is 10.8 Å². The van der Waals surface area contributed by atoms with Crippen molar-refractivity contribution in [1.29, 1.82) is 0 Å². The maximum Gasteiger partial charge on any atom is 0.260 e. The van der Waals surface area contributed by atoms with E-state index in [0.29, 0.717) is 5.56 Å². The third-order valence-electron chi connectivity index (χ3n) is 4.85. The average Bonchev–Trinajstić information content (AvgIpc) is 2.89. The van der Waals surface area contributed by atoms with Crippen molar-refractivity contribution >= 4 is 34.0 Å². The summed E-state index contributed by atoms with van der Waals surface area (Å²) in [7, 11) is 2.08. The summed E-state index contributed by atoms with van der Waals surface area (Å²) in [5, 5.41) is 6.17. The molecule has 0 atom stereocenters. The molecule has 1 fully saturated rings. The van der Waals surface area contributed by atoms with E-state index in [1.165, 1.54) is 4.90 Å². The Morgan fingerprint density at radius 1 is 1.16 bits per heavy atom. The minimum absolute atomic E-state index is 0.0245. The molecule has 1 saturated heterocycles. The summed E-state index contributed by atoms with van der Waals surface area (Å²) in [6, 6.07) is 11.4. The molecule has 6 heteroatoms. The van der Waals surface area contributed by atoms with Crippen molar-refractivity contribution in [3.8, 4) is 0 Å². The van der Waals surface area contributed by atoms with Crippen LogP contribution >= 0.6 is 0 Å². The lowest BCUT2D eigenvalue weighted by molar-refractivity contribution is -0.119. The zero-order chi connectivity index (χ0) is 17.4. The summed E-state index contributed by atoms with van der Waals surface area (Å²) in [5.41, 5.74) is 5.06. The lowest BCUT2D eigenvalue weighted by atomic mass is 10.1. The standard InChI is InChI=1S/C19H20N4O2/c1-22-10-8-14(9-11-22)20-21-17(24)12-23-16-7-3-5-13-4-2-6-15(18(13)16)19(23)25/h2-7H,8-12H2,1H3,(H,21,24). The van der Waals surface area contributed by atoms with Gasteiger partial charge in [0, 0.05) is 42.6 Å². The predicted octanol–water partition coefficient (Wildman–Crippen LogP) is 2.00. The fourth-order valence-electron chi connectivity index (χ4n) is 3.44. The number of nitrogens with zero attached hydrogens (tertiary/aromatic N) is 3. The molecule has 2 heterocycles. The SMILES string of the molecule is CN1CCC(=NNC(=O)CN2C(=O)c3cccc4cccc2c34)CC1. The Kier molecular flexibility index (Phi) is 3.97. The van der Waals surface area contributed by atoms with Crippen molar-refractivity contribution in [2.75, 3.05) is 31.6 Å². The number of rotatable bonds is 3. The van der Waals surface area contributed by atoms with Crippen molar-refractivity contribution in [3.05, 3.63) is 42.0 Å². The summed E-state index contributed by atoms with van der Waals surface area (Å²) in [4.78, 5) is 28.7. The van der Waals surface area contributed by atoms with Crippen LogP contribution in [0.15, 0.2) is 41.5 Å². The maximum atomic E-state index is 12.7. The number of carbonyl (C=O) groups is 2. The van der Waals surface area contributed by atoms with Crippen LogP contribution in [-0.4, -0.2) is 49.1 Å². The molecule has 4 rings (SSSR count). The van der Waals surface area contributed by atoms with Crippen LogP contribution < -0.4 is 10.3 Å². The van der Waals surface area contributed by atoms with Gasteiger partial charge in [0.15, 0.2) is 0 Å². The van der Waals surface area contributed by atoms with E-state index in [-0.39, 0.29) is 18.4 Å². The van der Waals surface area contributed by atoms with E-state index in [4.69, 9.17) is 0 Å².